The number of carbonyl (C=O) groups is 3. The number of rotatable bonds is 4. The summed E-state index contributed by atoms with van der Waals surface area (Å²) in [6.07, 6.45) is 0.419. The number of anilines is 1. The molecule has 0 radical (unpaired) electrons. The molecule has 5 nitrogen and oxygen atoms in total. The van der Waals surface area contributed by atoms with Gasteiger partial charge in [-0.2, -0.15) is 0 Å². The molecule has 2 amide bonds. The SMILES string of the molecule is Cc1ccc(COC(=O)c2cccc(N3C(=O)CCC3=O)c2)cc1. The molecule has 1 heterocycles. The first kappa shape index (κ1) is 15.9. The second-order valence-electron chi connectivity index (χ2n) is 5.73. The van der Waals surface area contributed by atoms with Crippen LogP contribution in [0.25, 0.3) is 0 Å². The molecule has 1 aliphatic heterocycles. The number of aryl methyl sites for hydroxylation is 1. The molecule has 5 heteroatoms. The predicted molar refractivity (Wildman–Crippen MR) is 88.5 cm³/mol. The standard InChI is InChI=1S/C19H17NO4/c1-13-5-7-14(8-6-13)12-24-19(23)15-3-2-4-16(11-15)20-17(21)9-10-18(20)22/h2-8,11H,9-10,12H2,1H3. The van der Waals surface area contributed by atoms with E-state index in [1.165, 1.54) is 6.07 Å². The summed E-state index contributed by atoms with van der Waals surface area (Å²) in [5, 5.41) is 0. The minimum atomic E-state index is -0.489. The molecule has 0 spiro atoms. The fraction of sp³-hybridized carbons (Fsp3) is 0.211. The summed E-state index contributed by atoms with van der Waals surface area (Å²) >= 11 is 0. The smallest absolute Gasteiger partial charge is 0.338 e. The minimum absolute atomic E-state index is 0.172. The lowest BCUT2D eigenvalue weighted by Crippen LogP contribution is -2.28. The van der Waals surface area contributed by atoms with Crippen LogP contribution in [-0.4, -0.2) is 17.8 Å². The van der Waals surface area contributed by atoms with Gasteiger partial charge in [0, 0.05) is 12.8 Å². The van der Waals surface area contributed by atoms with Crippen molar-refractivity contribution < 1.29 is 19.1 Å². The molecule has 0 saturated carbocycles. The van der Waals surface area contributed by atoms with E-state index in [0.29, 0.717) is 11.3 Å². The quantitative estimate of drug-likeness (QED) is 0.641. The summed E-state index contributed by atoms with van der Waals surface area (Å²) < 4.78 is 5.30. The van der Waals surface area contributed by atoms with Crippen LogP contribution in [0.2, 0.25) is 0 Å². The van der Waals surface area contributed by atoms with Gasteiger partial charge in [-0.15, -0.1) is 0 Å². The van der Waals surface area contributed by atoms with E-state index < -0.39 is 5.97 Å². The van der Waals surface area contributed by atoms with Crippen molar-refractivity contribution in [3.63, 3.8) is 0 Å². The van der Waals surface area contributed by atoms with Crippen LogP contribution in [0.5, 0.6) is 0 Å². The highest BCUT2D eigenvalue weighted by atomic mass is 16.5. The van der Waals surface area contributed by atoms with Crippen molar-refractivity contribution in [1.29, 1.82) is 0 Å². The first-order chi connectivity index (χ1) is 11.5. The van der Waals surface area contributed by atoms with Crippen LogP contribution in [0.4, 0.5) is 5.69 Å². The predicted octanol–water partition coefficient (Wildman–Crippen LogP) is 3.01. The maximum absolute atomic E-state index is 12.2. The van der Waals surface area contributed by atoms with Crippen LogP contribution in [0.3, 0.4) is 0 Å². The van der Waals surface area contributed by atoms with Crippen molar-refractivity contribution >= 4 is 23.5 Å². The van der Waals surface area contributed by atoms with E-state index >= 15 is 0 Å². The Kier molecular flexibility index (Phi) is 4.42. The molecule has 24 heavy (non-hydrogen) atoms. The normalized spacial score (nSPS) is 14.1. The van der Waals surface area contributed by atoms with Crippen LogP contribution in [0.1, 0.15) is 34.3 Å². The average molecular weight is 323 g/mol. The highest BCUT2D eigenvalue weighted by Crippen LogP contribution is 2.23. The largest absolute Gasteiger partial charge is 0.457 e. The van der Waals surface area contributed by atoms with E-state index in [-0.39, 0.29) is 31.3 Å². The van der Waals surface area contributed by atoms with E-state index in [1.807, 2.05) is 31.2 Å². The summed E-state index contributed by atoms with van der Waals surface area (Å²) in [4.78, 5) is 36.9. The third kappa shape index (κ3) is 3.35. The van der Waals surface area contributed by atoms with Crippen LogP contribution in [-0.2, 0) is 20.9 Å². The lowest BCUT2D eigenvalue weighted by molar-refractivity contribution is -0.121. The van der Waals surface area contributed by atoms with Gasteiger partial charge in [0.2, 0.25) is 11.8 Å². The Labute approximate surface area is 139 Å². The maximum atomic E-state index is 12.2. The summed E-state index contributed by atoms with van der Waals surface area (Å²) in [5.74, 6) is -0.980. The molecule has 3 rings (SSSR count). The fourth-order valence-corrected chi connectivity index (χ4v) is 2.55. The molecular weight excluding hydrogens is 306 g/mol. The van der Waals surface area contributed by atoms with E-state index in [1.54, 1.807) is 18.2 Å². The Bertz CT molecular complexity index is 779. The van der Waals surface area contributed by atoms with Gasteiger partial charge < -0.3 is 4.74 Å². The second kappa shape index (κ2) is 6.66. The molecule has 1 saturated heterocycles. The molecule has 0 atom stereocenters. The van der Waals surface area contributed by atoms with Crippen molar-refractivity contribution in [2.45, 2.75) is 26.4 Å². The molecule has 0 aliphatic carbocycles. The highest BCUT2D eigenvalue weighted by molar-refractivity contribution is 6.20. The number of hydrogen-bond acceptors (Lipinski definition) is 4. The van der Waals surface area contributed by atoms with Crippen molar-refractivity contribution in [2.24, 2.45) is 0 Å². The molecule has 0 aromatic heterocycles. The number of imide groups is 1. The Morgan fingerprint density at radius 1 is 1.04 bits per heavy atom. The number of benzene rings is 2. The molecule has 122 valence electrons. The second-order valence-corrected chi connectivity index (χ2v) is 5.73. The van der Waals surface area contributed by atoms with Crippen LogP contribution in [0.15, 0.2) is 48.5 Å². The third-order valence-corrected chi connectivity index (χ3v) is 3.88. The Balaban J connectivity index is 1.71. The molecule has 1 fully saturated rings. The number of esters is 1. The zero-order valence-corrected chi connectivity index (χ0v) is 13.3. The molecule has 1 aliphatic rings. The first-order valence-corrected chi connectivity index (χ1v) is 7.73. The lowest BCUT2D eigenvalue weighted by Gasteiger charge is -2.14. The summed E-state index contributed by atoms with van der Waals surface area (Å²) in [6.45, 7) is 2.16. The number of ether oxygens (including phenoxy) is 1. The Morgan fingerprint density at radius 3 is 2.38 bits per heavy atom. The molecule has 2 aromatic rings. The maximum Gasteiger partial charge on any atom is 0.338 e. The van der Waals surface area contributed by atoms with E-state index in [0.717, 1.165) is 16.0 Å². The van der Waals surface area contributed by atoms with Crippen LogP contribution < -0.4 is 4.90 Å². The topological polar surface area (TPSA) is 63.7 Å². The summed E-state index contributed by atoms with van der Waals surface area (Å²) in [7, 11) is 0. The third-order valence-electron chi connectivity index (χ3n) is 3.88. The Morgan fingerprint density at radius 2 is 1.71 bits per heavy atom. The van der Waals surface area contributed by atoms with Crippen molar-refractivity contribution in [2.75, 3.05) is 4.90 Å². The number of amides is 2. The van der Waals surface area contributed by atoms with Crippen molar-refractivity contribution in [1.82, 2.24) is 0 Å². The van der Waals surface area contributed by atoms with Gasteiger partial charge in [0.15, 0.2) is 0 Å². The number of hydrogen-bond donors (Lipinski definition) is 0. The first-order valence-electron chi connectivity index (χ1n) is 7.73. The molecular formula is C19H17NO4. The summed E-state index contributed by atoms with van der Waals surface area (Å²) in [5.41, 5.74) is 2.76. The molecule has 2 aromatic carbocycles. The zero-order valence-electron chi connectivity index (χ0n) is 13.3. The van der Waals surface area contributed by atoms with Gasteiger partial charge in [0.25, 0.3) is 0 Å². The minimum Gasteiger partial charge on any atom is -0.457 e. The number of carbonyl (C=O) groups excluding carboxylic acids is 3. The molecule has 0 unspecified atom stereocenters. The fourth-order valence-electron chi connectivity index (χ4n) is 2.55. The van der Waals surface area contributed by atoms with Crippen molar-refractivity contribution in [3.8, 4) is 0 Å². The van der Waals surface area contributed by atoms with Gasteiger partial charge >= 0.3 is 5.97 Å². The van der Waals surface area contributed by atoms with Gasteiger partial charge in [-0.05, 0) is 30.7 Å². The van der Waals surface area contributed by atoms with Gasteiger partial charge in [-0.25, -0.2) is 4.79 Å². The lowest BCUT2D eigenvalue weighted by atomic mass is 10.1. The van der Waals surface area contributed by atoms with Crippen LogP contribution in [0, 0.1) is 6.92 Å². The summed E-state index contributed by atoms with van der Waals surface area (Å²) in [6, 6.07) is 14.1. The molecule has 0 N–H and O–H groups in total. The van der Waals surface area contributed by atoms with E-state index in [9.17, 15) is 14.4 Å². The number of nitrogens with zero attached hydrogens (tertiary/aromatic N) is 1. The highest BCUT2D eigenvalue weighted by Gasteiger charge is 2.30. The average Bonchev–Trinajstić information content (AvgIpc) is 2.93. The van der Waals surface area contributed by atoms with Crippen LogP contribution >= 0.6 is 0 Å². The van der Waals surface area contributed by atoms with E-state index in [4.69, 9.17) is 4.74 Å². The Hall–Kier alpha value is -2.95. The monoisotopic (exact) mass is 323 g/mol. The van der Waals surface area contributed by atoms with Crippen molar-refractivity contribution in [3.05, 3.63) is 65.2 Å². The van der Waals surface area contributed by atoms with Gasteiger partial charge in [0.05, 0.1) is 11.3 Å². The van der Waals surface area contributed by atoms with E-state index in [2.05, 4.69) is 0 Å². The molecule has 0 bridgehead atoms. The van der Waals surface area contributed by atoms with Gasteiger partial charge in [-0.3, -0.25) is 14.5 Å². The van der Waals surface area contributed by atoms with Gasteiger partial charge in [0.1, 0.15) is 6.61 Å². The zero-order chi connectivity index (χ0) is 17.1. The van der Waals surface area contributed by atoms with Gasteiger partial charge in [-0.1, -0.05) is 35.9 Å².